The molecule has 2 saturated heterocycles. The minimum absolute atomic E-state index is 0.0377. The summed E-state index contributed by atoms with van der Waals surface area (Å²) in [5.74, 6) is -1.50. The zero-order valence-electron chi connectivity index (χ0n) is 24.7. The van der Waals surface area contributed by atoms with E-state index in [-0.39, 0.29) is 46.7 Å². The van der Waals surface area contributed by atoms with E-state index in [1.54, 1.807) is 30.3 Å². The number of aromatic hydroxyl groups is 1. The number of amides is 1. The third kappa shape index (κ3) is 5.37. The molecule has 3 aromatic rings. The van der Waals surface area contributed by atoms with Crippen LogP contribution in [0.3, 0.4) is 0 Å². The van der Waals surface area contributed by atoms with Gasteiger partial charge in [-0.15, -0.1) is 0 Å². The van der Waals surface area contributed by atoms with Crippen molar-refractivity contribution in [2.75, 3.05) is 33.4 Å². The first-order chi connectivity index (χ1) is 21.1. The molecule has 44 heavy (non-hydrogen) atoms. The van der Waals surface area contributed by atoms with Gasteiger partial charge < -0.3 is 24.6 Å². The van der Waals surface area contributed by atoms with E-state index in [9.17, 15) is 15.0 Å². The van der Waals surface area contributed by atoms with Crippen molar-refractivity contribution in [2.45, 2.75) is 56.6 Å². The third-order valence-electron chi connectivity index (χ3n) is 9.40. The number of aliphatic hydroxyl groups is 1. The SMILES string of the molecule is CCC(O)(c1cc(F)c2c(c1)C(=O)N(Cc1ncc(Cl)cc1O)[C@@]2(O[C@H]1CCOC1)c1ccc(Cl)cc1)C1CCN(C)CC1. The van der Waals surface area contributed by atoms with Crippen LogP contribution in [0.1, 0.15) is 65.3 Å². The largest absolute Gasteiger partial charge is 0.506 e. The number of fused-ring (bicyclic) bond motifs is 1. The molecule has 11 heteroatoms. The minimum atomic E-state index is -1.75. The molecule has 3 aliphatic rings. The summed E-state index contributed by atoms with van der Waals surface area (Å²) >= 11 is 12.3. The molecule has 1 aromatic heterocycles. The Hall–Kier alpha value is -2.79. The maximum atomic E-state index is 16.9. The van der Waals surface area contributed by atoms with Crippen LogP contribution in [0.5, 0.6) is 5.75 Å². The lowest BCUT2D eigenvalue weighted by Crippen LogP contribution is -2.49. The van der Waals surface area contributed by atoms with Crippen molar-refractivity contribution in [3.63, 3.8) is 0 Å². The second-order valence-corrected chi connectivity index (χ2v) is 12.9. The highest BCUT2D eigenvalue weighted by molar-refractivity contribution is 6.30. The Labute approximate surface area is 266 Å². The lowest BCUT2D eigenvalue weighted by Gasteiger charge is -2.42. The monoisotopic (exact) mass is 643 g/mol. The molecule has 3 atom stereocenters. The highest BCUT2D eigenvalue weighted by Crippen LogP contribution is 2.51. The standard InChI is InChI=1S/C33H36Cl2FN3O5/c1-3-32(42,20-8-11-38(2)12-9-20)22-14-26-30(27(36)15-22)33(44-25-10-13-43-19-25,21-4-6-23(34)7-5-21)39(31(26)41)18-28-29(40)16-24(35)17-37-28/h4-7,14-17,20,25,40,42H,3,8-13,18-19H2,1-2H3/t25-,32?,33+/m0/s1. The topological polar surface area (TPSA) is 95.4 Å². The molecule has 2 N–H and O–H groups in total. The Morgan fingerprint density at radius 1 is 1.14 bits per heavy atom. The quantitative estimate of drug-likeness (QED) is 0.319. The number of rotatable bonds is 8. The van der Waals surface area contributed by atoms with E-state index in [1.165, 1.54) is 23.2 Å². The predicted molar refractivity (Wildman–Crippen MR) is 164 cm³/mol. The van der Waals surface area contributed by atoms with E-state index in [4.69, 9.17) is 32.7 Å². The van der Waals surface area contributed by atoms with Gasteiger partial charge in [-0.25, -0.2) is 4.39 Å². The van der Waals surface area contributed by atoms with Gasteiger partial charge in [-0.05, 0) is 81.6 Å². The summed E-state index contributed by atoms with van der Waals surface area (Å²) in [5, 5.41) is 23.5. The second-order valence-electron chi connectivity index (χ2n) is 12.0. The number of aromatic nitrogens is 1. The Balaban J connectivity index is 1.55. The van der Waals surface area contributed by atoms with Gasteiger partial charge in [0.15, 0.2) is 0 Å². The van der Waals surface area contributed by atoms with E-state index < -0.39 is 29.2 Å². The summed E-state index contributed by atoms with van der Waals surface area (Å²) in [6.07, 6.45) is 3.33. The van der Waals surface area contributed by atoms with E-state index in [0.717, 1.165) is 25.9 Å². The van der Waals surface area contributed by atoms with Gasteiger partial charge in [0.2, 0.25) is 5.72 Å². The molecule has 234 valence electrons. The fourth-order valence-electron chi connectivity index (χ4n) is 6.93. The van der Waals surface area contributed by atoms with E-state index in [2.05, 4.69) is 9.88 Å². The summed E-state index contributed by atoms with van der Waals surface area (Å²) < 4.78 is 29.3. The molecule has 4 heterocycles. The van der Waals surface area contributed by atoms with Crippen LogP contribution in [-0.4, -0.2) is 70.4 Å². The molecule has 3 aliphatic heterocycles. The maximum absolute atomic E-state index is 16.9. The van der Waals surface area contributed by atoms with Gasteiger partial charge in [0.1, 0.15) is 17.3 Å². The molecule has 2 fully saturated rings. The Morgan fingerprint density at radius 2 is 1.86 bits per heavy atom. The Morgan fingerprint density at radius 3 is 2.50 bits per heavy atom. The van der Waals surface area contributed by atoms with E-state index in [0.29, 0.717) is 35.6 Å². The second kappa shape index (κ2) is 12.2. The number of benzene rings is 2. The number of pyridine rings is 1. The van der Waals surface area contributed by atoms with Crippen LogP contribution >= 0.6 is 23.2 Å². The highest BCUT2D eigenvalue weighted by Gasteiger charge is 2.56. The number of carbonyl (C=O) groups excluding carboxylic acids is 1. The zero-order valence-corrected chi connectivity index (χ0v) is 26.2. The molecule has 8 nitrogen and oxygen atoms in total. The molecule has 2 aromatic carbocycles. The average molecular weight is 645 g/mol. The van der Waals surface area contributed by atoms with Crippen LogP contribution in [-0.2, 0) is 27.3 Å². The van der Waals surface area contributed by atoms with Gasteiger partial charge in [-0.2, -0.15) is 0 Å². The summed E-state index contributed by atoms with van der Waals surface area (Å²) in [6, 6.07) is 11.1. The van der Waals surface area contributed by atoms with Gasteiger partial charge in [-0.3, -0.25) is 14.7 Å². The third-order valence-corrected chi connectivity index (χ3v) is 9.86. The lowest BCUT2D eigenvalue weighted by molar-refractivity contribution is -0.148. The first-order valence-corrected chi connectivity index (χ1v) is 15.7. The molecular weight excluding hydrogens is 608 g/mol. The van der Waals surface area contributed by atoms with Crippen LogP contribution in [0, 0.1) is 11.7 Å². The summed E-state index contributed by atoms with van der Waals surface area (Å²) in [5.41, 5.74) is -1.95. The first kappa shape index (κ1) is 31.2. The molecule has 1 unspecified atom stereocenters. The smallest absolute Gasteiger partial charge is 0.257 e. The zero-order chi connectivity index (χ0) is 31.2. The van der Waals surface area contributed by atoms with Crippen molar-refractivity contribution >= 4 is 29.1 Å². The van der Waals surface area contributed by atoms with Crippen molar-refractivity contribution < 1.29 is 28.9 Å². The van der Waals surface area contributed by atoms with Crippen molar-refractivity contribution in [1.82, 2.24) is 14.8 Å². The number of hydrogen-bond acceptors (Lipinski definition) is 7. The van der Waals surface area contributed by atoms with Gasteiger partial charge >= 0.3 is 0 Å². The van der Waals surface area contributed by atoms with E-state index >= 15 is 4.39 Å². The minimum Gasteiger partial charge on any atom is -0.506 e. The van der Waals surface area contributed by atoms with Crippen molar-refractivity contribution in [1.29, 1.82) is 0 Å². The summed E-state index contributed by atoms with van der Waals surface area (Å²) in [6.45, 7) is 4.04. The average Bonchev–Trinajstić information content (AvgIpc) is 3.60. The number of carbonyl (C=O) groups is 1. The molecular formula is C33H36Cl2FN3O5. The number of hydrogen-bond donors (Lipinski definition) is 2. The lowest BCUT2D eigenvalue weighted by atomic mass is 9.73. The van der Waals surface area contributed by atoms with Gasteiger partial charge in [0.25, 0.3) is 5.91 Å². The molecule has 0 radical (unpaired) electrons. The van der Waals surface area contributed by atoms with Crippen LogP contribution in [0.15, 0.2) is 48.7 Å². The van der Waals surface area contributed by atoms with Crippen LogP contribution in [0.4, 0.5) is 4.39 Å². The van der Waals surface area contributed by atoms with Crippen LogP contribution in [0.2, 0.25) is 10.0 Å². The molecule has 6 rings (SSSR count). The van der Waals surface area contributed by atoms with Crippen LogP contribution in [0.25, 0.3) is 0 Å². The summed E-state index contributed by atoms with van der Waals surface area (Å²) in [4.78, 5) is 22.4. The van der Waals surface area contributed by atoms with Crippen molar-refractivity contribution in [3.8, 4) is 5.75 Å². The number of halogens is 3. The number of piperidine rings is 1. The van der Waals surface area contributed by atoms with Gasteiger partial charge in [-0.1, -0.05) is 42.3 Å². The number of nitrogens with zero attached hydrogens (tertiary/aromatic N) is 3. The highest BCUT2D eigenvalue weighted by atomic mass is 35.5. The molecule has 0 spiro atoms. The maximum Gasteiger partial charge on any atom is 0.257 e. The van der Waals surface area contributed by atoms with Crippen molar-refractivity contribution in [2.24, 2.45) is 5.92 Å². The fraction of sp³-hybridized carbons (Fsp3) is 0.455. The normalized spacial score (nSPS) is 24.1. The van der Waals surface area contributed by atoms with Crippen LogP contribution < -0.4 is 0 Å². The molecule has 0 saturated carbocycles. The fourth-order valence-corrected chi connectivity index (χ4v) is 7.21. The summed E-state index contributed by atoms with van der Waals surface area (Å²) in [7, 11) is 2.04. The predicted octanol–water partition coefficient (Wildman–Crippen LogP) is 5.84. The molecule has 1 amide bonds. The van der Waals surface area contributed by atoms with Gasteiger partial charge in [0.05, 0.1) is 41.0 Å². The Bertz CT molecular complexity index is 1550. The first-order valence-electron chi connectivity index (χ1n) is 15.0. The molecule has 0 aliphatic carbocycles. The van der Waals surface area contributed by atoms with Gasteiger partial charge in [0, 0.05) is 29.5 Å². The number of likely N-dealkylation sites (tertiary alicyclic amines) is 1. The number of ether oxygens (including phenoxy) is 2. The van der Waals surface area contributed by atoms with E-state index in [1.807, 2.05) is 14.0 Å². The van der Waals surface area contributed by atoms with Crippen molar-refractivity contribution in [3.05, 3.63) is 92.5 Å². The molecule has 0 bridgehead atoms. The Kier molecular flexibility index (Phi) is 8.65.